The van der Waals surface area contributed by atoms with Crippen LogP contribution < -0.4 is 5.32 Å². The maximum Gasteiger partial charge on any atom is 0.317 e. The third kappa shape index (κ3) is 3.79. The normalized spacial score (nSPS) is 24.3. The van der Waals surface area contributed by atoms with Crippen LogP contribution in [0.25, 0.3) is 11.3 Å². The van der Waals surface area contributed by atoms with Crippen molar-refractivity contribution in [2.45, 2.75) is 31.5 Å². The van der Waals surface area contributed by atoms with E-state index in [1.54, 1.807) is 6.20 Å². The van der Waals surface area contributed by atoms with Crippen molar-refractivity contribution in [3.05, 3.63) is 41.9 Å². The van der Waals surface area contributed by atoms with E-state index in [0.29, 0.717) is 31.8 Å². The van der Waals surface area contributed by atoms with E-state index in [-0.39, 0.29) is 23.7 Å². The number of aryl methyl sites for hydroxylation is 1. The van der Waals surface area contributed by atoms with Crippen LogP contribution in [0.5, 0.6) is 0 Å². The number of carbonyl (C=O) groups is 1. The molecule has 4 heterocycles. The average molecular weight is 417 g/mol. The van der Waals surface area contributed by atoms with Crippen LogP contribution in [0.4, 0.5) is 13.6 Å². The molecule has 0 radical (unpaired) electrons. The Morgan fingerprint density at radius 2 is 2.10 bits per heavy atom. The van der Waals surface area contributed by atoms with Crippen LogP contribution in [0, 0.1) is 11.6 Å². The molecule has 2 saturated heterocycles. The zero-order valence-corrected chi connectivity index (χ0v) is 16.7. The van der Waals surface area contributed by atoms with Crippen LogP contribution in [-0.4, -0.2) is 76.9 Å². The lowest BCUT2D eigenvalue weighted by atomic mass is 10.1. The van der Waals surface area contributed by atoms with E-state index in [9.17, 15) is 13.6 Å². The second-order valence-corrected chi connectivity index (χ2v) is 8.21. The number of ether oxygens (including phenoxy) is 1. The lowest BCUT2D eigenvalue weighted by Crippen LogP contribution is -2.61. The summed E-state index contributed by atoms with van der Waals surface area (Å²) in [7, 11) is 0. The van der Waals surface area contributed by atoms with Crippen molar-refractivity contribution in [1.29, 1.82) is 0 Å². The highest BCUT2D eigenvalue weighted by molar-refractivity contribution is 5.74. The number of aromatic nitrogens is 2. The molecule has 3 aliphatic heterocycles. The Bertz CT molecular complexity index is 949. The van der Waals surface area contributed by atoms with Crippen LogP contribution in [0.1, 0.15) is 12.2 Å². The molecule has 5 rings (SSSR count). The standard InChI is InChI=1S/C21H25F2N5O2/c22-14-1-3-17(18(23)9-14)19-12-28-10-15(2-4-20(28)25-19)24-21(29)27-6-5-26-7-8-30-13-16(26)11-27/h1,3,9,12,15-16H,2,4-8,10-11,13H2,(H,24,29). The summed E-state index contributed by atoms with van der Waals surface area (Å²) in [6, 6.07) is 3.74. The second-order valence-electron chi connectivity index (χ2n) is 8.21. The minimum atomic E-state index is -0.624. The average Bonchev–Trinajstić information content (AvgIpc) is 3.16. The van der Waals surface area contributed by atoms with Crippen molar-refractivity contribution in [3.8, 4) is 11.3 Å². The summed E-state index contributed by atoms with van der Waals surface area (Å²) < 4.78 is 34.8. The highest BCUT2D eigenvalue weighted by Gasteiger charge is 2.32. The van der Waals surface area contributed by atoms with Gasteiger partial charge in [-0.15, -0.1) is 0 Å². The topological polar surface area (TPSA) is 62.6 Å². The largest absolute Gasteiger partial charge is 0.378 e. The van der Waals surface area contributed by atoms with Gasteiger partial charge in [0.15, 0.2) is 0 Å². The SMILES string of the molecule is O=C(NC1CCc2nc(-c3ccc(F)cc3F)cn2C1)N1CCN2CCOCC2C1. The van der Waals surface area contributed by atoms with E-state index in [0.717, 1.165) is 44.6 Å². The molecule has 0 bridgehead atoms. The molecule has 1 N–H and O–H groups in total. The molecule has 1 aromatic heterocycles. The number of halogens is 2. The summed E-state index contributed by atoms with van der Waals surface area (Å²) >= 11 is 0. The van der Waals surface area contributed by atoms with Crippen molar-refractivity contribution in [1.82, 2.24) is 24.7 Å². The van der Waals surface area contributed by atoms with Gasteiger partial charge < -0.3 is 19.5 Å². The quantitative estimate of drug-likeness (QED) is 0.811. The summed E-state index contributed by atoms with van der Waals surface area (Å²) in [6.45, 7) is 5.25. The first-order chi connectivity index (χ1) is 14.6. The smallest absolute Gasteiger partial charge is 0.317 e. The molecular weight excluding hydrogens is 392 g/mol. The fraction of sp³-hybridized carbons (Fsp3) is 0.524. The Kier molecular flexibility index (Phi) is 5.16. The number of benzene rings is 1. The Labute approximate surface area is 173 Å². The van der Waals surface area contributed by atoms with Crippen LogP contribution in [0.2, 0.25) is 0 Å². The van der Waals surface area contributed by atoms with Crippen LogP contribution >= 0.6 is 0 Å². The summed E-state index contributed by atoms with van der Waals surface area (Å²) in [5.74, 6) is -0.378. The predicted octanol–water partition coefficient (Wildman–Crippen LogP) is 1.87. The molecule has 3 aliphatic rings. The van der Waals surface area contributed by atoms with Gasteiger partial charge in [-0.25, -0.2) is 18.6 Å². The van der Waals surface area contributed by atoms with Gasteiger partial charge in [0.05, 0.1) is 24.9 Å². The van der Waals surface area contributed by atoms with E-state index in [4.69, 9.17) is 4.74 Å². The van der Waals surface area contributed by atoms with Crippen molar-refractivity contribution in [2.24, 2.45) is 0 Å². The van der Waals surface area contributed by atoms with Gasteiger partial charge in [0.25, 0.3) is 0 Å². The first-order valence-corrected chi connectivity index (χ1v) is 10.5. The van der Waals surface area contributed by atoms with E-state index in [2.05, 4.69) is 15.2 Å². The fourth-order valence-electron chi connectivity index (χ4n) is 4.59. The monoisotopic (exact) mass is 417 g/mol. The van der Waals surface area contributed by atoms with E-state index >= 15 is 0 Å². The molecule has 30 heavy (non-hydrogen) atoms. The first kappa shape index (κ1) is 19.4. The van der Waals surface area contributed by atoms with Crippen LogP contribution in [-0.2, 0) is 17.7 Å². The van der Waals surface area contributed by atoms with E-state index < -0.39 is 11.6 Å². The van der Waals surface area contributed by atoms with Gasteiger partial charge in [-0.1, -0.05) is 0 Å². The summed E-state index contributed by atoms with van der Waals surface area (Å²) in [5, 5.41) is 3.15. The molecule has 2 amide bonds. The number of nitrogens with one attached hydrogen (secondary N) is 1. The third-order valence-electron chi connectivity index (χ3n) is 6.25. The molecule has 0 spiro atoms. The third-order valence-corrected chi connectivity index (χ3v) is 6.25. The number of carbonyl (C=O) groups excluding carboxylic acids is 1. The van der Waals surface area contributed by atoms with Crippen molar-refractivity contribution in [2.75, 3.05) is 39.4 Å². The van der Waals surface area contributed by atoms with Crippen molar-refractivity contribution >= 4 is 6.03 Å². The van der Waals surface area contributed by atoms with Gasteiger partial charge in [-0.2, -0.15) is 0 Å². The zero-order valence-electron chi connectivity index (χ0n) is 16.7. The molecule has 9 heteroatoms. The number of morpholine rings is 1. The minimum absolute atomic E-state index is 0.00856. The molecule has 2 atom stereocenters. The predicted molar refractivity (Wildman–Crippen MR) is 106 cm³/mol. The molecule has 2 fully saturated rings. The molecule has 2 unspecified atom stereocenters. The molecule has 2 aromatic rings. The molecule has 7 nitrogen and oxygen atoms in total. The highest BCUT2D eigenvalue weighted by Crippen LogP contribution is 2.25. The van der Waals surface area contributed by atoms with Gasteiger partial charge in [0.1, 0.15) is 17.5 Å². The molecule has 1 aromatic carbocycles. The van der Waals surface area contributed by atoms with Crippen molar-refractivity contribution < 1.29 is 18.3 Å². The van der Waals surface area contributed by atoms with Crippen LogP contribution in [0.3, 0.4) is 0 Å². The summed E-state index contributed by atoms with van der Waals surface area (Å²) in [4.78, 5) is 21.6. The van der Waals surface area contributed by atoms with Gasteiger partial charge in [-0.05, 0) is 18.6 Å². The Balaban J connectivity index is 1.23. The summed E-state index contributed by atoms with van der Waals surface area (Å²) in [5.41, 5.74) is 0.773. The summed E-state index contributed by atoms with van der Waals surface area (Å²) in [6.07, 6.45) is 3.25. The molecular formula is C21H25F2N5O2. The minimum Gasteiger partial charge on any atom is -0.378 e. The number of nitrogens with zero attached hydrogens (tertiary/aromatic N) is 4. The molecule has 0 aliphatic carbocycles. The maximum atomic E-state index is 14.1. The number of hydrogen-bond donors (Lipinski definition) is 1. The number of urea groups is 1. The van der Waals surface area contributed by atoms with Crippen molar-refractivity contribution in [3.63, 3.8) is 0 Å². The fourth-order valence-corrected chi connectivity index (χ4v) is 4.59. The second kappa shape index (κ2) is 7.96. The van der Waals surface area contributed by atoms with Gasteiger partial charge >= 0.3 is 6.03 Å². The molecule has 160 valence electrons. The molecule has 0 saturated carbocycles. The lowest BCUT2D eigenvalue weighted by molar-refractivity contribution is -0.0367. The first-order valence-electron chi connectivity index (χ1n) is 10.5. The van der Waals surface area contributed by atoms with E-state index in [1.165, 1.54) is 12.1 Å². The number of amides is 2. The van der Waals surface area contributed by atoms with Gasteiger partial charge in [0.2, 0.25) is 0 Å². The Hall–Kier alpha value is -2.52. The number of rotatable bonds is 2. The number of imidazole rings is 1. The van der Waals surface area contributed by atoms with Gasteiger partial charge in [-0.3, -0.25) is 4.90 Å². The highest BCUT2D eigenvalue weighted by atomic mass is 19.1. The maximum absolute atomic E-state index is 14.1. The number of fused-ring (bicyclic) bond motifs is 2. The number of hydrogen-bond acceptors (Lipinski definition) is 4. The van der Waals surface area contributed by atoms with E-state index in [1.807, 2.05) is 9.47 Å². The zero-order chi connectivity index (χ0) is 20.7. The number of piperazine rings is 1. The lowest BCUT2D eigenvalue weighted by Gasteiger charge is -2.44. The Morgan fingerprint density at radius 3 is 2.97 bits per heavy atom. The van der Waals surface area contributed by atoms with Crippen LogP contribution in [0.15, 0.2) is 24.4 Å². The Morgan fingerprint density at radius 1 is 1.20 bits per heavy atom. The van der Waals surface area contributed by atoms with Gasteiger partial charge in [0, 0.05) is 63.0 Å².